The van der Waals surface area contributed by atoms with Crippen molar-refractivity contribution in [2.75, 3.05) is 26.4 Å². The number of hydrogen-bond donors (Lipinski definition) is 12. The third kappa shape index (κ3) is 34.7. The van der Waals surface area contributed by atoms with E-state index in [1.165, 1.54) is 225 Å². The van der Waals surface area contributed by atoms with E-state index in [4.69, 9.17) is 28.4 Å². The van der Waals surface area contributed by atoms with Gasteiger partial charge in [-0.15, -0.1) is 0 Å². The number of unbranched alkanes of at least 4 members (excludes halogenated alkanes) is 41. The fourth-order valence-corrected chi connectivity index (χ4v) is 12.7. The van der Waals surface area contributed by atoms with Crippen LogP contribution in [0.3, 0.4) is 0 Å². The molecule has 3 aliphatic heterocycles. The van der Waals surface area contributed by atoms with Crippen molar-refractivity contribution >= 4 is 5.91 Å². The van der Waals surface area contributed by atoms with Gasteiger partial charge in [0, 0.05) is 6.42 Å². The zero-order chi connectivity index (χ0) is 64.7. The summed E-state index contributed by atoms with van der Waals surface area (Å²) in [6.07, 6.45) is 32.0. The molecule has 0 saturated carbocycles. The van der Waals surface area contributed by atoms with Gasteiger partial charge in [-0.3, -0.25) is 4.79 Å². The van der Waals surface area contributed by atoms with E-state index in [0.717, 1.165) is 44.9 Å². The first-order valence-electron chi connectivity index (χ1n) is 36.4. The first kappa shape index (κ1) is 81.8. The van der Waals surface area contributed by atoms with Crippen molar-refractivity contribution < 1.29 is 89.4 Å². The Morgan fingerprint density at radius 3 is 1.06 bits per heavy atom. The Morgan fingerprint density at radius 2 is 0.697 bits per heavy atom. The van der Waals surface area contributed by atoms with Crippen molar-refractivity contribution in [1.29, 1.82) is 0 Å². The minimum absolute atomic E-state index is 0.249. The fraction of sp³-hybridized carbons (Fsp3) is 0.957. The predicted molar refractivity (Wildman–Crippen MR) is 347 cm³/mol. The summed E-state index contributed by atoms with van der Waals surface area (Å²) in [4.78, 5) is 13.4. The Bertz CT molecular complexity index is 1670. The standard InChI is InChI=1S/C70H133NO18/c1-3-5-7-9-11-13-15-17-19-20-21-22-23-24-25-26-27-28-29-30-31-32-34-35-37-39-41-43-45-47-54(75)53(71-58(76)48-46-44-42-40-38-36-33-18-16-14-12-10-8-6-4-2)52-84-68-64(82)61(79)66(56(50-73)86-68)89-70-65(83)62(80)67(57(51-74)87-70)88-69-63(81)60(78)59(77)55(49-72)85-69/h45,47,53-57,59-70,72-75,77-83H,3-44,46,48-52H2,1-2H3,(H,71,76)/b47-45+. The van der Waals surface area contributed by atoms with Gasteiger partial charge in [0.1, 0.15) is 73.2 Å². The minimum atomic E-state index is -1.98. The lowest BCUT2D eigenvalue weighted by Crippen LogP contribution is -2.66. The number of hydrogen-bond acceptors (Lipinski definition) is 18. The summed E-state index contributed by atoms with van der Waals surface area (Å²) in [6.45, 7) is 1.77. The van der Waals surface area contributed by atoms with Gasteiger partial charge in [0.15, 0.2) is 18.9 Å². The second-order valence-corrected chi connectivity index (χ2v) is 26.4. The first-order chi connectivity index (χ1) is 43.3. The van der Waals surface area contributed by atoms with Gasteiger partial charge >= 0.3 is 0 Å². The van der Waals surface area contributed by atoms with Crippen molar-refractivity contribution in [3.8, 4) is 0 Å². The van der Waals surface area contributed by atoms with Gasteiger partial charge in [-0.05, 0) is 19.3 Å². The SMILES string of the molecule is CCCCCCCCCCCCCCCCCCCCCCCCCCCCC/C=C/C(O)C(COC1OC(CO)C(OC2OC(CO)C(OC3OC(CO)C(O)C(O)C3O)C(O)C2O)C(O)C1O)NC(=O)CCCCCCCCCCCCCCCCC. The van der Waals surface area contributed by atoms with E-state index < -0.39 is 124 Å². The molecule has 0 radical (unpaired) electrons. The topological polar surface area (TPSA) is 307 Å². The molecule has 3 heterocycles. The number of aliphatic hydroxyl groups excluding tert-OH is 11. The van der Waals surface area contributed by atoms with Crippen molar-refractivity contribution in [3.05, 3.63) is 12.2 Å². The predicted octanol–water partition coefficient (Wildman–Crippen LogP) is 10.1. The molecular weight excluding hydrogens is 1140 g/mol. The zero-order valence-electron chi connectivity index (χ0n) is 55.7. The lowest BCUT2D eigenvalue weighted by molar-refractivity contribution is -0.379. The van der Waals surface area contributed by atoms with Crippen LogP contribution in [0.2, 0.25) is 0 Å². The first-order valence-corrected chi connectivity index (χ1v) is 36.4. The molecule has 0 bridgehead atoms. The monoisotopic (exact) mass is 1280 g/mol. The van der Waals surface area contributed by atoms with Crippen LogP contribution in [0.4, 0.5) is 0 Å². The highest BCUT2D eigenvalue weighted by molar-refractivity contribution is 5.76. The average molecular weight is 1280 g/mol. The molecule has 0 aromatic carbocycles. The van der Waals surface area contributed by atoms with Crippen molar-refractivity contribution in [2.24, 2.45) is 0 Å². The molecule has 3 aliphatic rings. The van der Waals surface area contributed by atoms with E-state index in [-0.39, 0.29) is 18.9 Å². The maximum Gasteiger partial charge on any atom is 0.220 e. The summed E-state index contributed by atoms with van der Waals surface area (Å²) in [5, 5.41) is 121. The van der Waals surface area contributed by atoms with Gasteiger partial charge in [0.05, 0.1) is 38.6 Å². The molecule has 17 atom stereocenters. The molecule has 19 nitrogen and oxygen atoms in total. The van der Waals surface area contributed by atoms with Crippen LogP contribution >= 0.6 is 0 Å². The Morgan fingerprint density at radius 1 is 0.393 bits per heavy atom. The molecule has 3 fully saturated rings. The minimum Gasteiger partial charge on any atom is -0.394 e. The summed E-state index contributed by atoms with van der Waals surface area (Å²) in [6, 6.07) is -0.968. The highest BCUT2D eigenvalue weighted by Crippen LogP contribution is 2.33. The third-order valence-corrected chi connectivity index (χ3v) is 18.6. The molecule has 12 N–H and O–H groups in total. The van der Waals surface area contributed by atoms with Gasteiger partial charge in [-0.2, -0.15) is 0 Å². The summed E-state index contributed by atoms with van der Waals surface area (Å²) >= 11 is 0. The van der Waals surface area contributed by atoms with Crippen molar-refractivity contribution in [3.63, 3.8) is 0 Å². The Kier molecular flexibility index (Phi) is 48.5. The number of nitrogens with one attached hydrogen (secondary N) is 1. The number of aliphatic hydroxyl groups is 11. The summed E-state index contributed by atoms with van der Waals surface area (Å²) in [5.41, 5.74) is 0. The lowest BCUT2D eigenvalue weighted by atomic mass is 9.96. The number of carbonyl (C=O) groups is 1. The molecule has 0 spiro atoms. The van der Waals surface area contributed by atoms with Crippen molar-refractivity contribution in [2.45, 2.75) is 401 Å². The number of amides is 1. The third-order valence-electron chi connectivity index (χ3n) is 18.6. The van der Waals surface area contributed by atoms with Crippen LogP contribution in [0, 0.1) is 0 Å². The van der Waals surface area contributed by atoms with Crippen LogP contribution in [0.5, 0.6) is 0 Å². The quantitative estimate of drug-likeness (QED) is 0.0199. The van der Waals surface area contributed by atoms with E-state index in [9.17, 15) is 61.0 Å². The highest BCUT2D eigenvalue weighted by atomic mass is 16.8. The molecule has 1 amide bonds. The molecule has 3 rings (SSSR count). The van der Waals surface area contributed by atoms with Crippen LogP contribution in [0.1, 0.15) is 296 Å². The molecule has 0 aromatic rings. The Hall–Kier alpha value is -1.47. The molecule has 19 heteroatoms. The van der Waals surface area contributed by atoms with E-state index in [1.807, 2.05) is 6.08 Å². The number of ether oxygens (including phenoxy) is 6. The Balaban J connectivity index is 1.40. The summed E-state index contributed by atoms with van der Waals surface area (Å²) < 4.78 is 34.4. The number of rotatable bonds is 57. The van der Waals surface area contributed by atoms with E-state index >= 15 is 0 Å². The summed E-state index contributed by atoms with van der Waals surface area (Å²) in [7, 11) is 0. The van der Waals surface area contributed by atoms with Crippen LogP contribution in [0.15, 0.2) is 12.2 Å². The summed E-state index contributed by atoms with van der Waals surface area (Å²) in [5.74, 6) is -0.270. The van der Waals surface area contributed by atoms with Crippen LogP contribution in [-0.4, -0.2) is 193 Å². The smallest absolute Gasteiger partial charge is 0.220 e. The normalized spacial score (nSPS) is 28.2. The largest absolute Gasteiger partial charge is 0.394 e. The molecule has 89 heavy (non-hydrogen) atoms. The number of allylic oxidation sites excluding steroid dienone is 1. The fourth-order valence-electron chi connectivity index (χ4n) is 12.7. The molecule has 3 saturated heterocycles. The van der Waals surface area contributed by atoms with E-state index in [0.29, 0.717) is 6.42 Å². The average Bonchev–Trinajstić information content (AvgIpc) is 1.97. The number of carbonyl (C=O) groups excluding carboxylic acids is 1. The Labute approximate surface area is 537 Å². The maximum atomic E-state index is 13.4. The second-order valence-electron chi connectivity index (χ2n) is 26.4. The van der Waals surface area contributed by atoms with Crippen molar-refractivity contribution in [1.82, 2.24) is 5.32 Å². The van der Waals surface area contributed by atoms with Crippen LogP contribution in [-0.2, 0) is 33.2 Å². The highest BCUT2D eigenvalue weighted by Gasteiger charge is 2.53. The van der Waals surface area contributed by atoms with Crippen LogP contribution in [0.25, 0.3) is 0 Å². The zero-order valence-corrected chi connectivity index (χ0v) is 55.7. The molecule has 0 aromatic heterocycles. The molecule has 0 aliphatic carbocycles. The second kappa shape index (κ2) is 52.8. The molecule has 526 valence electrons. The van der Waals surface area contributed by atoms with Gasteiger partial charge in [0.25, 0.3) is 0 Å². The van der Waals surface area contributed by atoms with Gasteiger partial charge < -0.3 is 89.9 Å². The van der Waals surface area contributed by atoms with Gasteiger partial charge in [-0.25, -0.2) is 0 Å². The maximum absolute atomic E-state index is 13.4. The van der Waals surface area contributed by atoms with Gasteiger partial charge in [0.2, 0.25) is 5.91 Å². The molecule has 17 unspecified atom stereocenters. The van der Waals surface area contributed by atoms with Gasteiger partial charge in [-0.1, -0.05) is 283 Å². The van der Waals surface area contributed by atoms with E-state index in [1.54, 1.807) is 6.08 Å². The van der Waals surface area contributed by atoms with Crippen LogP contribution < -0.4 is 5.32 Å². The lowest BCUT2D eigenvalue weighted by Gasteiger charge is -2.48. The molecular formula is C70H133NO18. The van der Waals surface area contributed by atoms with E-state index in [2.05, 4.69) is 19.2 Å².